The molecule has 5 aliphatic carbocycles. The van der Waals surface area contributed by atoms with Crippen LogP contribution in [0.1, 0.15) is 106 Å². The van der Waals surface area contributed by atoms with Gasteiger partial charge in [-0.05, 0) is 122 Å². The molecule has 5 rings (SSSR count). The lowest BCUT2D eigenvalue weighted by Gasteiger charge is -2.72. The zero-order valence-electron chi connectivity index (χ0n) is 22.0. The zero-order valence-corrected chi connectivity index (χ0v) is 22.0. The van der Waals surface area contributed by atoms with Gasteiger partial charge in [0.2, 0.25) is 0 Å². The third-order valence-electron chi connectivity index (χ3n) is 13.5. The number of hydrogen-bond donors (Lipinski definition) is 2. The molecule has 0 unspecified atom stereocenters. The maximum Gasteiger partial charge on any atom is 0.309 e. The van der Waals surface area contributed by atoms with E-state index in [0.29, 0.717) is 23.7 Å². The van der Waals surface area contributed by atoms with E-state index in [4.69, 9.17) is 0 Å². The molecule has 0 aromatic heterocycles. The van der Waals surface area contributed by atoms with Crippen molar-refractivity contribution in [3.63, 3.8) is 0 Å². The van der Waals surface area contributed by atoms with Gasteiger partial charge in [0.25, 0.3) is 0 Å². The number of carboxylic acid groups (broad SMARTS) is 1. The molecule has 0 aromatic carbocycles. The summed E-state index contributed by atoms with van der Waals surface area (Å²) in [6.07, 6.45) is 10.5. The highest BCUT2D eigenvalue weighted by molar-refractivity contribution is 5.76. The monoisotopic (exact) mass is 456 g/mol. The van der Waals surface area contributed by atoms with Gasteiger partial charge in [0.1, 0.15) is 0 Å². The van der Waals surface area contributed by atoms with Crippen LogP contribution in [0.25, 0.3) is 0 Å². The summed E-state index contributed by atoms with van der Waals surface area (Å²) < 4.78 is 0. The maximum absolute atomic E-state index is 12.8. The lowest BCUT2D eigenvalue weighted by Crippen LogP contribution is -2.67. The Kier molecular flexibility index (Phi) is 5.15. The molecule has 0 spiro atoms. The Morgan fingerprint density at radius 2 is 1.52 bits per heavy atom. The van der Waals surface area contributed by atoms with Gasteiger partial charge in [-0.25, -0.2) is 0 Å². The van der Waals surface area contributed by atoms with Crippen molar-refractivity contribution in [1.29, 1.82) is 0 Å². The van der Waals surface area contributed by atoms with Crippen LogP contribution in [0, 0.1) is 56.7 Å². The summed E-state index contributed by atoms with van der Waals surface area (Å²) in [5.74, 6) is 1.79. The van der Waals surface area contributed by atoms with Gasteiger partial charge in [0, 0.05) is 0 Å². The molecule has 2 N–H and O–H groups in total. The van der Waals surface area contributed by atoms with E-state index in [1.807, 2.05) is 0 Å². The van der Waals surface area contributed by atoms with Gasteiger partial charge in [-0.15, -0.1) is 0 Å². The van der Waals surface area contributed by atoms with Gasteiger partial charge in [-0.3, -0.25) is 4.79 Å². The molecule has 33 heavy (non-hydrogen) atoms. The van der Waals surface area contributed by atoms with Crippen molar-refractivity contribution in [2.24, 2.45) is 56.7 Å². The Balaban J connectivity index is 1.57. The summed E-state index contributed by atoms with van der Waals surface area (Å²) >= 11 is 0. The number of hydrogen-bond acceptors (Lipinski definition) is 2. The molecule has 0 bridgehead atoms. The largest absolute Gasteiger partial charge is 0.481 e. The summed E-state index contributed by atoms with van der Waals surface area (Å²) in [7, 11) is 0. The second-order valence-electron chi connectivity index (χ2n) is 14.5. The van der Waals surface area contributed by atoms with Gasteiger partial charge in [-0.2, -0.15) is 0 Å². The summed E-state index contributed by atoms with van der Waals surface area (Å²) in [6, 6.07) is 0. The van der Waals surface area contributed by atoms with Crippen molar-refractivity contribution >= 4 is 5.97 Å². The van der Waals surface area contributed by atoms with E-state index < -0.39 is 11.4 Å². The van der Waals surface area contributed by atoms with Crippen LogP contribution in [0.5, 0.6) is 0 Å². The smallest absolute Gasteiger partial charge is 0.309 e. The summed E-state index contributed by atoms with van der Waals surface area (Å²) in [6.45, 7) is 18.8. The Hall–Kier alpha value is -0.830. The molecule has 0 aromatic rings. The first-order valence-corrected chi connectivity index (χ1v) is 13.8. The summed E-state index contributed by atoms with van der Waals surface area (Å²) in [4.78, 5) is 12.8. The fourth-order valence-electron chi connectivity index (χ4n) is 11.5. The molecular formula is C30H48O3. The fourth-order valence-corrected chi connectivity index (χ4v) is 11.5. The molecule has 0 heterocycles. The maximum atomic E-state index is 12.8. The number of carboxylic acids is 1. The third-order valence-corrected chi connectivity index (χ3v) is 13.5. The van der Waals surface area contributed by atoms with Crippen molar-refractivity contribution < 1.29 is 15.0 Å². The second kappa shape index (κ2) is 7.11. The first-order chi connectivity index (χ1) is 15.3. The molecule has 0 aliphatic heterocycles. The minimum Gasteiger partial charge on any atom is -0.481 e. The Labute approximate surface area is 201 Å². The van der Waals surface area contributed by atoms with Crippen molar-refractivity contribution in [3.8, 4) is 0 Å². The number of aliphatic carboxylic acids is 1. The van der Waals surface area contributed by atoms with Gasteiger partial charge in [-0.1, -0.05) is 46.8 Å². The van der Waals surface area contributed by atoms with E-state index >= 15 is 0 Å². The van der Waals surface area contributed by atoms with Gasteiger partial charge < -0.3 is 10.2 Å². The average molecular weight is 457 g/mol. The second-order valence-corrected chi connectivity index (χ2v) is 14.5. The molecule has 10 atom stereocenters. The predicted octanol–water partition coefficient (Wildman–Crippen LogP) is 7.09. The van der Waals surface area contributed by atoms with E-state index in [9.17, 15) is 15.0 Å². The SMILES string of the molecule is C=C(C)[C@@H]1CC[C@@]2(C(=O)O)CC[C@]3(C)[C@H](CC[C@@H]4[C@]5(C)CC[C@H](O)C(C)(C)[C@@H]5CC[C@@]43C)[C@@H]12. The molecule has 0 radical (unpaired) electrons. The van der Waals surface area contributed by atoms with Gasteiger partial charge >= 0.3 is 5.97 Å². The van der Waals surface area contributed by atoms with Crippen LogP contribution in [-0.4, -0.2) is 22.3 Å². The Bertz CT molecular complexity index is 861. The van der Waals surface area contributed by atoms with Crippen molar-refractivity contribution in [1.82, 2.24) is 0 Å². The quantitative estimate of drug-likeness (QED) is 0.436. The molecular weight excluding hydrogens is 408 g/mol. The first kappa shape index (κ1) is 23.9. The van der Waals surface area contributed by atoms with Crippen molar-refractivity contribution in [2.75, 3.05) is 0 Å². The van der Waals surface area contributed by atoms with Crippen LogP contribution < -0.4 is 0 Å². The standard InChI is InChI=1S/C30H48O3/c1-18(2)19-10-15-30(25(32)33)17-16-28(6)20(24(19)30)8-9-22-27(5)13-12-23(31)26(3,4)21(27)11-14-29(22,28)7/h19-24,31H,1,8-17H2,2-7H3,(H,32,33)/t19-,20+,21-,22+,23-,24+,27+,28+,29-,30+/m0/s1. The molecule has 3 heteroatoms. The highest BCUT2D eigenvalue weighted by atomic mass is 16.4. The molecule has 0 saturated heterocycles. The van der Waals surface area contributed by atoms with Crippen LogP contribution in [-0.2, 0) is 4.79 Å². The lowest BCUT2D eigenvalue weighted by molar-refractivity contribution is -0.248. The van der Waals surface area contributed by atoms with E-state index in [1.165, 1.54) is 31.3 Å². The van der Waals surface area contributed by atoms with Crippen LogP contribution in [0.3, 0.4) is 0 Å². The molecule has 5 saturated carbocycles. The summed E-state index contributed by atoms with van der Waals surface area (Å²) in [5, 5.41) is 21.4. The number of fused-ring (bicyclic) bond motifs is 7. The number of rotatable bonds is 2. The van der Waals surface area contributed by atoms with Crippen LogP contribution in [0.2, 0.25) is 0 Å². The van der Waals surface area contributed by atoms with Gasteiger partial charge in [0.15, 0.2) is 0 Å². The zero-order chi connectivity index (χ0) is 24.2. The van der Waals surface area contributed by atoms with E-state index in [1.54, 1.807) is 0 Å². The minimum atomic E-state index is -0.538. The van der Waals surface area contributed by atoms with Crippen molar-refractivity contribution in [2.45, 2.75) is 112 Å². The summed E-state index contributed by atoms with van der Waals surface area (Å²) in [5.41, 5.74) is 1.35. The van der Waals surface area contributed by atoms with E-state index in [-0.39, 0.29) is 33.7 Å². The number of aliphatic hydroxyl groups excluding tert-OH is 1. The van der Waals surface area contributed by atoms with Crippen LogP contribution >= 0.6 is 0 Å². The Morgan fingerprint density at radius 3 is 2.15 bits per heavy atom. The first-order valence-electron chi connectivity index (χ1n) is 13.8. The third kappa shape index (κ3) is 2.75. The average Bonchev–Trinajstić information content (AvgIpc) is 3.13. The topological polar surface area (TPSA) is 57.5 Å². The number of allylic oxidation sites excluding steroid dienone is 1. The van der Waals surface area contributed by atoms with E-state index in [2.05, 4.69) is 48.1 Å². The van der Waals surface area contributed by atoms with Crippen LogP contribution in [0.4, 0.5) is 0 Å². The molecule has 5 aliphatic rings. The number of carbonyl (C=O) groups is 1. The number of aliphatic hydroxyl groups is 1. The van der Waals surface area contributed by atoms with E-state index in [0.717, 1.165) is 38.5 Å². The molecule has 0 amide bonds. The fraction of sp³-hybridized carbons (Fsp3) is 0.900. The van der Waals surface area contributed by atoms with Crippen molar-refractivity contribution in [3.05, 3.63) is 12.2 Å². The normalized spacial score (nSPS) is 55.0. The molecule has 186 valence electrons. The highest BCUT2D eigenvalue weighted by Gasteiger charge is 2.71. The molecule has 3 nitrogen and oxygen atoms in total. The lowest BCUT2D eigenvalue weighted by atomic mass is 9.32. The predicted molar refractivity (Wildman–Crippen MR) is 133 cm³/mol. The van der Waals surface area contributed by atoms with Gasteiger partial charge in [0.05, 0.1) is 11.5 Å². The molecule has 5 fully saturated rings. The van der Waals surface area contributed by atoms with Crippen LogP contribution in [0.15, 0.2) is 12.2 Å². The highest BCUT2D eigenvalue weighted by Crippen LogP contribution is 2.77. The Morgan fingerprint density at radius 1 is 0.818 bits per heavy atom. The minimum absolute atomic E-state index is 0.0202.